The Hall–Kier alpha value is -0.730. The fourth-order valence-electron chi connectivity index (χ4n) is 3.65. The number of alkyl halides is 1. The van der Waals surface area contributed by atoms with Gasteiger partial charge in [-0.15, -0.1) is 11.6 Å². The van der Waals surface area contributed by atoms with Crippen LogP contribution in [-0.2, 0) is 0 Å². The van der Waals surface area contributed by atoms with E-state index in [9.17, 15) is 0 Å². The Morgan fingerprint density at radius 2 is 2.14 bits per heavy atom. The molecule has 0 aliphatic heterocycles. The minimum atomic E-state index is -0.112. The molecule has 0 N–H and O–H groups in total. The summed E-state index contributed by atoms with van der Waals surface area (Å²) in [6.45, 7) is 6.69. The predicted octanol–water partition coefficient (Wildman–Crippen LogP) is 6.13. The molecular weight excluding hydrogens is 303 g/mol. The van der Waals surface area contributed by atoms with E-state index in [1.165, 1.54) is 19.3 Å². The molecule has 2 aromatic rings. The predicted molar refractivity (Wildman–Crippen MR) is 90.3 cm³/mol. The maximum Gasteiger partial charge on any atom is 0.128 e. The molecule has 3 rings (SSSR count). The molecule has 4 heteroatoms. The minimum absolute atomic E-state index is 0.112. The van der Waals surface area contributed by atoms with Crippen LogP contribution in [0.3, 0.4) is 0 Å². The summed E-state index contributed by atoms with van der Waals surface area (Å²) in [5.41, 5.74) is 2.37. The number of benzene rings is 1. The van der Waals surface area contributed by atoms with Gasteiger partial charge >= 0.3 is 0 Å². The third kappa shape index (κ3) is 2.80. The molecule has 0 saturated heterocycles. The van der Waals surface area contributed by atoms with Gasteiger partial charge in [-0.25, -0.2) is 4.98 Å². The molecule has 1 aromatic heterocycles. The molecule has 0 spiro atoms. The van der Waals surface area contributed by atoms with E-state index >= 15 is 0 Å². The van der Waals surface area contributed by atoms with Crippen LogP contribution >= 0.6 is 23.2 Å². The molecule has 1 heterocycles. The van der Waals surface area contributed by atoms with Gasteiger partial charge in [0.15, 0.2) is 0 Å². The largest absolute Gasteiger partial charge is 0.322 e. The van der Waals surface area contributed by atoms with Crippen LogP contribution in [0.15, 0.2) is 18.2 Å². The van der Waals surface area contributed by atoms with Crippen molar-refractivity contribution < 1.29 is 0 Å². The summed E-state index contributed by atoms with van der Waals surface area (Å²) in [6.07, 6.45) is 4.87. The van der Waals surface area contributed by atoms with E-state index in [1.54, 1.807) is 0 Å². The first-order valence-electron chi connectivity index (χ1n) is 7.69. The lowest BCUT2D eigenvalue weighted by molar-refractivity contribution is 0.183. The van der Waals surface area contributed by atoms with Gasteiger partial charge in [0.1, 0.15) is 5.82 Å². The van der Waals surface area contributed by atoms with Crippen LogP contribution in [0.4, 0.5) is 0 Å². The maximum atomic E-state index is 6.47. The van der Waals surface area contributed by atoms with Crippen molar-refractivity contribution >= 4 is 34.2 Å². The summed E-state index contributed by atoms with van der Waals surface area (Å²) in [5, 5.41) is 0.658. The number of fused-ring (bicyclic) bond motifs is 1. The zero-order chi connectivity index (χ0) is 15.2. The van der Waals surface area contributed by atoms with E-state index in [2.05, 4.69) is 18.4 Å². The summed E-state index contributed by atoms with van der Waals surface area (Å²) >= 11 is 12.9. The Balaban J connectivity index is 2.17. The average Bonchev–Trinajstić information content (AvgIpc) is 2.78. The van der Waals surface area contributed by atoms with Crippen molar-refractivity contribution in [2.45, 2.75) is 57.9 Å². The Kier molecular flexibility index (Phi) is 3.96. The Morgan fingerprint density at radius 1 is 1.38 bits per heavy atom. The smallest absolute Gasteiger partial charge is 0.128 e. The number of imidazole rings is 1. The first-order chi connectivity index (χ1) is 9.89. The molecule has 0 bridgehead atoms. The van der Waals surface area contributed by atoms with E-state index in [4.69, 9.17) is 28.2 Å². The minimum Gasteiger partial charge on any atom is -0.322 e. The first kappa shape index (κ1) is 15.2. The van der Waals surface area contributed by atoms with E-state index in [-0.39, 0.29) is 5.38 Å². The molecule has 2 unspecified atom stereocenters. The van der Waals surface area contributed by atoms with Crippen LogP contribution in [0.2, 0.25) is 5.02 Å². The molecule has 2 atom stereocenters. The summed E-state index contributed by atoms with van der Waals surface area (Å²) in [7, 11) is 0. The van der Waals surface area contributed by atoms with Crippen molar-refractivity contribution in [2.75, 3.05) is 0 Å². The number of rotatable bonds is 2. The molecule has 114 valence electrons. The van der Waals surface area contributed by atoms with Gasteiger partial charge < -0.3 is 4.57 Å². The summed E-state index contributed by atoms with van der Waals surface area (Å²) in [4.78, 5) is 4.74. The van der Waals surface area contributed by atoms with Gasteiger partial charge in [-0.05, 0) is 43.7 Å². The van der Waals surface area contributed by atoms with Gasteiger partial charge in [0, 0.05) is 6.04 Å². The number of hydrogen-bond donors (Lipinski definition) is 0. The Labute approximate surface area is 136 Å². The maximum absolute atomic E-state index is 6.47. The number of halogens is 2. The second-order valence-corrected chi connectivity index (χ2v) is 8.04. The van der Waals surface area contributed by atoms with Crippen LogP contribution in [0.25, 0.3) is 11.0 Å². The monoisotopic (exact) mass is 324 g/mol. The van der Waals surface area contributed by atoms with Crippen LogP contribution in [-0.4, -0.2) is 9.55 Å². The molecule has 1 fully saturated rings. The van der Waals surface area contributed by atoms with Crippen LogP contribution in [0.5, 0.6) is 0 Å². The van der Waals surface area contributed by atoms with Crippen molar-refractivity contribution in [3.63, 3.8) is 0 Å². The zero-order valence-electron chi connectivity index (χ0n) is 12.9. The van der Waals surface area contributed by atoms with Crippen molar-refractivity contribution in [3.8, 4) is 0 Å². The molecule has 1 aliphatic carbocycles. The van der Waals surface area contributed by atoms with Crippen molar-refractivity contribution in [1.29, 1.82) is 0 Å². The van der Waals surface area contributed by atoms with Crippen LogP contribution < -0.4 is 0 Å². The highest BCUT2D eigenvalue weighted by Gasteiger charge is 2.32. The number of nitrogens with zero attached hydrogens (tertiary/aromatic N) is 2. The SMILES string of the molecule is CC(Cl)c1nc2cccc(Cl)c2n1C1CCCC(C)(C)C1. The second kappa shape index (κ2) is 5.48. The number of aromatic nitrogens is 2. The normalized spacial score (nSPS) is 23.4. The molecule has 2 nitrogen and oxygen atoms in total. The standard InChI is InChI=1S/C17H22Cl2N2/c1-11(18)16-20-14-8-4-7-13(19)15(14)21(16)12-6-5-9-17(2,3)10-12/h4,7-8,11-12H,5-6,9-10H2,1-3H3. The third-order valence-corrected chi connectivity index (χ3v) is 5.09. The molecular formula is C17H22Cl2N2. The Bertz CT molecular complexity index is 658. The average molecular weight is 325 g/mol. The summed E-state index contributed by atoms with van der Waals surface area (Å²) in [5.74, 6) is 0.947. The molecule has 21 heavy (non-hydrogen) atoms. The fourth-order valence-corrected chi connectivity index (χ4v) is 4.07. The van der Waals surface area contributed by atoms with Gasteiger partial charge in [0.25, 0.3) is 0 Å². The lowest BCUT2D eigenvalue weighted by atomic mass is 9.75. The summed E-state index contributed by atoms with van der Waals surface area (Å²) in [6, 6.07) is 6.36. The van der Waals surface area contributed by atoms with Gasteiger partial charge in [0.05, 0.1) is 21.4 Å². The lowest BCUT2D eigenvalue weighted by Crippen LogP contribution is -2.26. The van der Waals surface area contributed by atoms with Crippen LogP contribution in [0, 0.1) is 5.41 Å². The van der Waals surface area contributed by atoms with Gasteiger partial charge in [-0.3, -0.25) is 0 Å². The van der Waals surface area contributed by atoms with Gasteiger partial charge in [-0.2, -0.15) is 0 Å². The molecule has 1 aromatic carbocycles. The van der Waals surface area contributed by atoms with Gasteiger partial charge in [0.2, 0.25) is 0 Å². The van der Waals surface area contributed by atoms with E-state index in [0.717, 1.165) is 28.3 Å². The molecule has 1 saturated carbocycles. The second-order valence-electron chi connectivity index (χ2n) is 6.98. The summed E-state index contributed by atoms with van der Waals surface area (Å²) < 4.78 is 2.32. The molecule has 0 radical (unpaired) electrons. The highest BCUT2D eigenvalue weighted by atomic mass is 35.5. The van der Waals surface area contributed by atoms with E-state index in [1.807, 2.05) is 25.1 Å². The van der Waals surface area contributed by atoms with Crippen molar-refractivity contribution in [2.24, 2.45) is 5.41 Å². The van der Waals surface area contributed by atoms with E-state index in [0.29, 0.717) is 11.5 Å². The van der Waals surface area contributed by atoms with E-state index < -0.39 is 0 Å². The fraction of sp³-hybridized carbons (Fsp3) is 0.588. The zero-order valence-corrected chi connectivity index (χ0v) is 14.4. The first-order valence-corrected chi connectivity index (χ1v) is 8.51. The number of hydrogen-bond acceptors (Lipinski definition) is 1. The van der Waals surface area contributed by atoms with Crippen LogP contribution in [0.1, 0.15) is 63.7 Å². The molecule has 1 aliphatic rings. The van der Waals surface area contributed by atoms with Crippen molar-refractivity contribution in [3.05, 3.63) is 29.0 Å². The molecule has 0 amide bonds. The van der Waals surface area contributed by atoms with Crippen molar-refractivity contribution in [1.82, 2.24) is 9.55 Å². The number of para-hydroxylation sites is 1. The third-order valence-electron chi connectivity index (χ3n) is 4.59. The topological polar surface area (TPSA) is 17.8 Å². The quantitative estimate of drug-likeness (QED) is 0.607. The van der Waals surface area contributed by atoms with Gasteiger partial charge in [-0.1, -0.05) is 37.9 Å². The highest BCUT2D eigenvalue weighted by molar-refractivity contribution is 6.35. The lowest BCUT2D eigenvalue weighted by Gasteiger charge is -2.37. The highest BCUT2D eigenvalue weighted by Crippen LogP contribution is 2.44. The Morgan fingerprint density at radius 3 is 2.81 bits per heavy atom.